The molecule has 5 N–H and O–H groups in total. The number of piperazine rings is 1. The van der Waals surface area contributed by atoms with Crippen LogP contribution in [0.2, 0.25) is 0 Å². The quantitative estimate of drug-likeness (QED) is 0.242. The van der Waals surface area contributed by atoms with Gasteiger partial charge in [-0.15, -0.1) is 35.0 Å². The van der Waals surface area contributed by atoms with E-state index in [9.17, 15) is 9.90 Å². The lowest BCUT2D eigenvalue weighted by Crippen LogP contribution is -2.49. The van der Waals surface area contributed by atoms with Crippen LogP contribution in [0.15, 0.2) is 30.3 Å². The first-order valence-electron chi connectivity index (χ1n) is 12.6. The number of benzene rings is 1. The Morgan fingerprint density at radius 3 is 2.00 bits per heavy atom. The van der Waals surface area contributed by atoms with Gasteiger partial charge in [-0.05, 0) is 18.2 Å². The first kappa shape index (κ1) is 34.6. The third-order valence-corrected chi connectivity index (χ3v) is 5.79. The minimum absolute atomic E-state index is 0. The number of anilines is 2. The van der Waals surface area contributed by atoms with Gasteiger partial charge < -0.3 is 45.3 Å². The van der Waals surface area contributed by atoms with Crippen LogP contribution in [0.5, 0.6) is 5.75 Å². The Balaban J connectivity index is 0.00000380. The summed E-state index contributed by atoms with van der Waals surface area (Å²) < 4.78 is 21.6. The first-order valence-corrected chi connectivity index (χ1v) is 12.6. The standard InChI is InChI=1S/C25H38N6O6.2ClH/c26-6-12-35-14-16-37-18-17-36-15-13-34-11-5-24(33)31-9-7-30(8-10-31)22-19-21(28-29-25(22)27)20-3-1-2-4-23(20)32;;/h1-4,19,32H,5-18,26H2,(H2,27,29);2*1H. The fourth-order valence-electron chi connectivity index (χ4n) is 3.83. The summed E-state index contributed by atoms with van der Waals surface area (Å²) in [7, 11) is 0. The average molecular weight is 592 g/mol. The van der Waals surface area contributed by atoms with Crippen molar-refractivity contribution in [2.45, 2.75) is 6.42 Å². The second-order valence-corrected chi connectivity index (χ2v) is 8.37. The van der Waals surface area contributed by atoms with Gasteiger partial charge >= 0.3 is 0 Å². The maximum atomic E-state index is 12.6. The van der Waals surface area contributed by atoms with Gasteiger partial charge in [0.1, 0.15) is 5.75 Å². The molecule has 0 saturated carbocycles. The molecule has 2 aromatic rings. The van der Waals surface area contributed by atoms with E-state index in [1.165, 1.54) is 0 Å². The Labute approximate surface area is 241 Å². The molecule has 12 nitrogen and oxygen atoms in total. The fourth-order valence-corrected chi connectivity index (χ4v) is 3.83. The van der Waals surface area contributed by atoms with E-state index in [-0.39, 0.29) is 36.5 Å². The van der Waals surface area contributed by atoms with Crippen molar-refractivity contribution in [3.05, 3.63) is 30.3 Å². The van der Waals surface area contributed by atoms with E-state index in [0.29, 0.717) is 109 Å². The number of phenols is 1. The van der Waals surface area contributed by atoms with Gasteiger partial charge in [0.15, 0.2) is 5.82 Å². The zero-order valence-electron chi connectivity index (χ0n) is 22.0. The number of carbonyl (C=O) groups excluding carboxylic acids is 1. The molecule has 39 heavy (non-hydrogen) atoms. The lowest BCUT2D eigenvalue weighted by molar-refractivity contribution is -0.132. The zero-order valence-corrected chi connectivity index (χ0v) is 23.7. The number of aromatic hydroxyl groups is 1. The molecule has 1 amide bonds. The zero-order chi connectivity index (χ0) is 26.3. The van der Waals surface area contributed by atoms with Crippen LogP contribution in [-0.2, 0) is 23.7 Å². The van der Waals surface area contributed by atoms with Gasteiger partial charge in [0.2, 0.25) is 5.91 Å². The van der Waals surface area contributed by atoms with Crippen LogP contribution in [0, 0.1) is 0 Å². The number of nitrogen functional groups attached to an aromatic ring is 1. The van der Waals surface area contributed by atoms with Gasteiger partial charge in [-0.1, -0.05) is 12.1 Å². The number of hydrogen-bond donors (Lipinski definition) is 3. The van der Waals surface area contributed by atoms with Gasteiger partial charge in [0, 0.05) is 38.3 Å². The molecule has 0 unspecified atom stereocenters. The molecule has 3 rings (SSSR count). The number of phenolic OH excluding ortho intramolecular Hbond substituents is 1. The van der Waals surface area contributed by atoms with E-state index in [1.54, 1.807) is 18.2 Å². The van der Waals surface area contributed by atoms with Crippen molar-refractivity contribution in [1.29, 1.82) is 0 Å². The van der Waals surface area contributed by atoms with E-state index < -0.39 is 0 Å². The molecule has 0 radical (unpaired) electrons. The predicted octanol–water partition coefficient (Wildman–Crippen LogP) is 1.34. The highest BCUT2D eigenvalue weighted by molar-refractivity contribution is 5.85. The van der Waals surface area contributed by atoms with Crippen LogP contribution in [-0.4, -0.2) is 112 Å². The number of ether oxygens (including phenoxy) is 4. The lowest BCUT2D eigenvalue weighted by Gasteiger charge is -2.36. The number of nitrogens with zero attached hydrogens (tertiary/aromatic N) is 4. The van der Waals surface area contributed by atoms with Crippen molar-refractivity contribution in [3.63, 3.8) is 0 Å². The summed E-state index contributed by atoms with van der Waals surface area (Å²) in [5.74, 6) is 0.505. The van der Waals surface area contributed by atoms with E-state index in [1.807, 2.05) is 17.0 Å². The number of rotatable bonds is 16. The van der Waals surface area contributed by atoms with Crippen molar-refractivity contribution < 1.29 is 28.8 Å². The fraction of sp³-hybridized carbons (Fsp3) is 0.560. The third kappa shape index (κ3) is 11.7. The molecular weight excluding hydrogens is 551 g/mol. The second-order valence-electron chi connectivity index (χ2n) is 8.37. The molecule has 2 heterocycles. The number of carbonyl (C=O) groups is 1. The number of para-hydroxylation sites is 1. The molecule has 220 valence electrons. The molecule has 14 heteroatoms. The maximum Gasteiger partial charge on any atom is 0.225 e. The van der Waals surface area contributed by atoms with E-state index in [4.69, 9.17) is 30.4 Å². The lowest BCUT2D eigenvalue weighted by atomic mass is 10.1. The third-order valence-electron chi connectivity index (χ3n) is 5.79. The molecule has 1 aromatic carbocycles. The Morgan fingerprint density at radius 2 is 1.41 bits per heavy atom. The number of halogens is 2. The smallest absolute Gasteiger partial charge is 0.225 e. The molecule has 0 bridgehead atoms. The summed E-state index contributed by atoms with van der Waals surface area (Å²) in [6.07, 6.45) is 0.322. The van der Waals surface area contributed by atoms with Crippen LogP contribution in [0.4, 0.5) is 11.5 Å². The van der Waals surface area contributed by atoms with Gasteiger partial charge in [-0.25, -0.2) is 0 Å². The molecule has 1 aliphatic heterocycles. The molecule has 1 fully saturated rings. The van der Waals surface area contributed by atoms with Crippen molar-refractivity contribution in [2.24, 2.45) is 5.73 Å². The van der Waals surface area contributed by atoms with Gasteiger partial charge in [0.25, 0.3) is 0 Å². The highest BCUT2D eigenvalue weighted by atomic mass is 35.5. The van der Waals surface area contributed by atoms with E-state index in [0.717, 1.165) is 5.69 Å². The van der Waals surface area contributed by atoms with E-state index >= 15 is 0 Å². The Hall–Kier alpha value is -2.45. The van der Waals surface area contributed by atoms with Crippen molar-refractivity contribution in [1.82, 2.24) is 15.1 Å². The predicted molar refractivity (Wildman–Crippen MR) is 154 cm³/mol. The Bertz CT molecular complexity index is 968. The molecule has 0 atom stereocenters. The molecule has 1 aliphatic rings. The van der Waals surface area contributed by atoms with Crippen LogP contribution in [0.1, 0.15) is 6.42 Å². The van der Waals surface area contributed by atoms with Crippen molar-refractivity contribution in [3.8, 4) is 17.0 Å². The molecule has 1 saturated heterocycles. The molecule has 1 aromatic heterocycles. The first-order chi connectivity index (χ1) is 18.1. The van der Waals surface area contributed by atoms with Crippen LogP contribution in [0.3, 0.4) is 0 Å². The monoisotopic (exact) mass is 590 g/mol. The normalized spacial score (nSPS) is 13.1. The summed E-state index contributed by atoms with van der Waals surface area (Å²) in [5.41, 5.74) is 13.3. The van der Waals surface area contributed by atoms with Crippen molar-refractivity contribution in [2.75, 3.05) is 96.2 Å². The summed E-state index contributed by atoms with van der Waals surface area (Å²) in [6, 6.07) is 8.79. The molecular formula is C25H40Cl2N6O6. The van der Waals surface area contributed by atoms with Gasteiger partial charge in [-0.2, -0.15) is 0 Å². The maximum absolute atomic E-state index is 12.6. The van der Waals surface area contributed by atoms with Crippen molar-refractivity contribution >= 4 is 42.2 Å². The molecule has 0 aliphatic carbocycles. The summed E-state index contributed by atoms with van der Waals surface area (Å²) >= 11 is 0. The Kier molecular flexibility index (Phi) is 17.4. The van der Waals surface area contributed by atoms with Gasteiger partial charge in [0.05, 0.1) is 70.7 Å². The summed E-state index contributed by atoms with van der Waals surface area (Å²) in [5, 5.41) is 18.3. The van der Waals surface area contributed by atoms with Gasteiger partial charge in [-0.3, -0.25) is 4.79 Å². The van der Waals surface area contributed by atoms with Crippen LogP contribution in [0.25, 0.3) is 11.3 Å². The summed E-state index contributed by atoms with van der Waals surface area (Å²) in [4.78, 5) is 16.5. The van der Waals surface area contributed by atoms with E-state index in [2.05, 4.69) is 15.1 Å². The molecule has 0 spiro atoms. The topological polar surface area (TPSA) is 159 Å². The number of hydrogen-bond acceptors (Lipinski definition) is 11. The minimum Gasteiger partial charge on any atom is -0.507 e. The highest BCUT2D eigenvalue weighted by Gasteiger charge is 2.23. The highest BCUT2D eigenvalue weighted by Crippen LogP contribution is 2.31. The number of nitrogens with two attached hydrogens (primary N) is 2. The summed E-state index contributed by atoms with van der Waals surface area (Å²) in [6.45, 7) is 6.69. The minimum atomic E-state index is 0. The number of aromatic nitrogens is 2. The average Bonchev–Trinajstić information content (AvgIpc) is 2.92. The largest absolute Gasteiger partial charge is 0.507 e. The van der Waals surface area contributed by atoms with Crippen LogP contribution >= 0.6 is 24.8 Å². The second kappa shape index (κ2) is 19.6. The van der Waals surface area contributed by atoms with Crippen LogP contribution < -0.4 is 16.4 Å². The number of amides is 1. The Morgan fingerprint density at radius 1 is 0.846 bits per heavy atom. The SMILES string of the molecule is Cl.Cl.NCCOCCOCCOCCOCCC(=O)N1CCN(c2cc(-c3ccccc3O)nnc2N)CC1.